The summed E-state index contributed by atoms with van der Waals surface area (Å²) in [6, 6.07) is 7.12. The van der Waals surface area contributed by atoms with Gasteiger partial charge >= 0.3 is 5.69 Å². The van der Waals surface area contributed by atoms with Crippen molar-refractivity contribution in [1.29, 1.82) is 0 Å². The summed E-state index contributed by atoms with van der Waals surface area (Å²) in [5, 5.41) is 5.17. The van der Waals surface area contributed by atoms with E-state index in [2.05, 4.69) is 15.1 Å². The van der Waals surface area contributed by atoms with Crippen LogP contribution < -0.4 is 5.69 Å². The molecule has 1 fully saturated rings. The Hall–Kier alpha value is -1.97. The third-order valence-electron chi connectivity index (χ3n) is 4.47. The molecule has 10 heteroatoms. The van der Waals surface area contributed by atoms with E-state index in [0.29, 0.717) is 28.5 Å². The van der Waals surface area contributed by atoms with E-state index in [4.69, 9.17) is 16.3 Å². The van der Waals surface area contributed by atoms with Crippen molar-refractivity contribution in [3.8, 4) is 11.1 Å². The summed E-state index contributed by atoms with van der Waals surface area (Å²) in [5.41, 5.74) is 1.85. The molecule has 6 nitrogen and oxygen atoms in total. The Balaban J connectivity index is 1.89. The first-order valence-corrected chi connectivity index (χ1v) is 10.2. The van der Waals surface area contributed by atoms with Crippen LogP contribution in [0.1, 0.15) is 31.1 Å². The van der Waals surface area contributed by atoms with E-state index in [1.165, 1.54) is 4.52 Å². The molecule has 1 N–H and O–H groups in total. The number of alkyl halides is 2. The average Bonchev–Trinajstić information content (AvgIpc) is 3.08. The number of rotatable bonds is 5. The predicted molar refractivity (Wildman–Crippen MR) is 103 cm³/mol. The highest BCUT2D eigenvalue weighted by Crippen LogP contribution is 2.37. The maximum atomic E-state index is 12.6. The maximum Gasteiger partial charge on any atom is 0.350 e. The lowest BCUT2D eigenvalue weighted by Crippen LogP contribution is -2.20. The van der Waals surface area contributed by atoms with Crippen molar-refractivity contribution in [2.24, 2.45) is 0 Å². The number of ether oxygens (including phenoxy) is 1. The number of benzene rings is 1. The second-order valence-corrected chi connectivity index (χ2v) is 7.85. The van der Waals surface area contributed by atoms with Gasteiger partial charge in [0.15, 0.2) is 10.8 Å². The molecule has 2 aromatic heterocycles. The molecule has 0 amide bonds. The molecule has 1 aliphatic rings. The zero-order valence-electron chi connectivity index (χ0n) is 14.7. The number of aromatic nitrogens is 4. The van der Waals surface area contributed by atoms with E-state index in [-0.39, 0.29) is 11.3 Å². The SMILES string of the molecule is O=c1[nH]c(SCC(F)F)nc2c(-c3ccc(Cl)cc3)c(C3CCCCO3)nn12. The Labute approximate surface area is 168 Å². The number of aromatic amines is 1. The quantitative estimate of drug-likeness (QED) is 0.614. The van der Waals surface area contributed by atoms with Crippen molar-refractivity contribution in [2.75, 3.05) is 12.4 Å². The van der Waals surface area contributed by atoms with Crippen molar-refractivity contribution in [1.82, 2.24) is 19.6 Å². The van der Waals surface area contributed by atoms with Crippen LogP contribution in [0.3, 0.4) is 0 Å². The van der Waals surface area contributed by atoms with Crippen LogP contribution in [0.4, 0.5) is 8.78 Å². The molecule has 0 saturated carbocycles. The summed E-state index contributed by atoms with van der Waals surface area (Å²) >= 11 is 6.81. The molecule has 0 radical (unpaired) electrons. The van der Waals surface area contributed by atoms with Gasteiger partial charge in [0, 0.05) is 11.6 Å². The summed E-state index contributed by atoms with van der Waals surface area (Å²) in [5.74, 6) is -0.456. The molecule has 1 aromatic carbocycles. The predicted octanol–water partition coefficient (Wildman–Crippen LogP) is 4.34. The lowest BCUT2D eigenvalue weighted by atomic mass is 9.99. The smallest absolute Gasteiger partial charge is 0.350 e. The van der Waals surface area contributed by atoms with Crippen molar-refractivity contribution in [3.63, 3.8) is 0 Å². The molecule has 1 saturated heterocycles. The van der Waals surface area contributed by atoms with Gasteiger partial charge in [-0.05, 0) is 37.0 Å². The fourth-order valence-corrected chi connectivity index (χ4v) is 3.94. The van der Waals surface area contributed by atoms with Crippen LogP contribution in [0.2, 0.25) is 5.02 Å². The molecule has 0 aliphatic carbocycles. The van der Waals surface area contributed by atoms with Crippen LogP contribution in [-0.2, 0) is 4.74 Å². The number of nitrogens with one attached hydrogen (secondary N) is 1. The zero-order chi connectivity index (χ0) is 19.7. The van der Waals surface area contributed by atoms with Crippen molar-refractivity contribution in [2.45, 2.75) is 36.9 Å². The first kappa shape index (κ1) is 19.4. The van der Waals surface area contributed by atoms with Crippen molar-refractivity contribution in [3.05, 3.63) is 45.5 Å². The van der Waals surface area contributed by atoms with Crippen LogP contribution in [0.15, 0.2) is 34.2 Å². The van der Waals surface area contributed by atoms with E-state index >= 15 is 0 Å². The summed E-state index contributed by atoms with van der Waals surface area (Å²) in [6.45, 7) is 0.623. The number of halogens is 3. The number of hydrogen-bond donors (Lipinski definition) is 1. The van der Waals surface area contributed by atoms with Gasteiger partial charge in [0.05, 0.1) is 11.3 Å². The summed E-state index contributed by atoms with van der Waals surface area (Å²) in [7, 11) is 0. The van der Waals surface area contributed by atoms with Gasteiger partial charge in [-0.15, -0.1) is 0 Å². The number of H-pyrrole nitrogens is 1. The first-order chi connectivity index (χ1) is 13.5. The summed E-state index contributed by atoms with van der Waals surface area (Å²) in [4.78, 5) is 19.4. The molecule has 1 unspecified atom stereocenters. The van der Waals surface area contributed by atoms with Crippen LogP contribution in [0.5, 0.6) is 0 Å². The van der Waals surface area contributed by atoms with Gasteiger partial charge in [0.2, 0.25) is 6.43 Å². The Morgan fingerprint density at radius 3 is 2.79 bits per heavy atom. The molecule has 4 rings (SSSR count). The topological polar surface area (TPSA) is 72.3 Å². The number of nitrogens with zero attached hydrogens (tertiary/aromatic N) is 3. The van der Waals surface area contributed by atoms with Gasteiger partial charge < -0.3 is 4.74 Å². The fourth-order valence-electron chi connectivity index (χ4n) is 3.22. The summed E-state index contributed by atoms with van der Waals surface area (Å²) < 4.78 is 32.2. The van der Waals surface area contributed by atoms with E-state index in [1.807, 2.05) is 12.1 Å². The van der Waals surface area contributed by atoms with Gasteiger partial charge in [-0.3, -0.25) is 4.98 Å². The third kappa shape index (κ3) is 3.92. The Bertz CT molecular complexity index is 1030. The summed E-state index contributed by atoms with van der Waals surface area (Å²) in [6.07, 6.45) is 0.0109. The molecule has 3 heterocycles. The Morgan fingerprint density at radius 2 is 2.11 bits per heavy atom. The van der Waals surface area contributed by atoms with Gasteiger partial charge in [-0.2, -0.15) is 9.61 Å². The standard InChI is InChI=1S/C18H17ClF2N4O2S/c19-11-6-4-10(5-7-11)14-15(12-3-1-2-8-27-12)24-25-16(14)22-17(23-18(25)26)28-9-13(20)21/h4-7,12-13H,1-3,8-9H2,(H,22,23,26). The molecular weight excluding hydrogens is 410 g/mol. The highest BCUT2D eigenvalue weighted by molar-refractivity contribution is 7.99. The zero-order valence-corrected chi connectivity index (χ0v) is 16.3. The monoisotopic (exact) mass is 426 g/mol. The second kappa shape index (κ2) is 8.18. The molecular formula is C18H17ClF2N4O2S. The maximum absolute atomic E-state index is 12.6. The van der Waals surface area contributed by atoms with Crippen LogP contribution in [0.25, 0.3) is 16.8 Å². The normalized spacial score (nSPS) is 17.5. The minimum absolute atomic E-state index is 0.129. The largest absolute Gasteiger partial charge is 0.372 e. The molecule has 1 atom stereocenters. The van der Waals surface area contributed by atoms with E-state index < -0.39 is 17.9 Å². The lowest BCUT2D eigenvalue weighted by molar-refractivity contribution is 0.0125. The minimum atomic E-state index is -2.50. The van der Waals surface area contributed by atoms with Crippen molar-refractivity contribution >= 4 is 29.0 Å². The van der Waals surface area contributed by atoms with Crippen molar-refractivity contribution < 1.29 is 13.5 Å². The number of hydrogen-bond acceptors (Lipinski definition) is 5. The average molecular weight is 427 g/mol. The van der Waals surface area contributed by atoms with Crippen LogP contribution >= 0.6 is 23.4 Å². The Morgan fingerprint density at radius 1 is 1.32 bits per heavy atom. The third-order valence-corrected chi connectivity index (χ3v) is 5.60. The fraction of sp³-hybridized carbons (Fsp3) is 0.389. The molecule has 148 valence electrons. The lowest BCUT2D eigenvalue weighted by Gasteiger charge is -2.21. The van der Waals surface area contributed by atoms with E-state index in [0.717, 1.165) is 36.6 Å². The number of thioether (sulfide) groups is 1. The second-order valence-electron chi connectivity index (χ2n) is 6.41. The molecule has 3 aromatic rings. The van der Waals surface area contributed by atoms with Gasteiger partial charge in [0.1, 0.15) is 11.8 Å². The van der Waals surface area contributed by atoms with Gasteiger partial charge in [-0.1, -0.05) is 35.5 Å². The van der Waals surface area contributed by atoms with Gasteiger partial charge in [0.25, 0.3) is 0 Å². The molecule has 0 bridgehead atoms. The van der Waals surface area contributed by atoms with E-state index in [1.54, 1.807) is 12.1 Å². The van der Waals surface area contributed by atoms with Crippen LogP contribution in [0, 0.1) is 0 Å². The highest BCUT2D eigenvalue weighted by atomic mass is 35.5. The molecule has 28 heavy (non-hydrogen) atoms. The molecule has 1 aliphatic heterocycles. The highest BCUT2D eigenvalue weighted by Gasteiger charge is 2.27. The van der Waals surface area contributed by atoms with Gasteiger partial charge in [-0.25, -0.2) is 18.6 Å². The first-order valence-electron chi connectivity index (χ1n) is 8.84. The van der Waals surface area contributed by atoms with Crippen LogP contribution in [-0.4, -0.2) is 38.4 Å². The van der Waals surface area contributed by atoms with E-state index in [9.17, 15) is 13.6 Å². The number of fused-ring (bicyclic) bond motifs is 1. The molecule has 0 spiro atoms. The minimum Gasteiger partial charge on any atom is -0.372 e. The Kier molecular flexibility index (Phi) is 5.65.